The largest absolute Gasteiger partial charge is 0.481 e. The van der Waals surface area contributed by atoms with Gasteiger partial charge in [0, 0.05) is 13.0 Å². The number of hydrazine groups is 1. The molecule has 9 N–H and O–H groups in total. The third kappa shape index (κ3) is 15.3. The van der Waals surface area contributed by atoms with Gasteiger partial charge in [-0.15, -0.1) is 0 Å². The van der Waals surface area contributed by atoms with E-state index in [1.165, 1.54) is 6.92 Å². The van der Waals surface area contributed by atoms with E-state index in [1.54, 1.807) is 74.5 Å². The minimum Gasteiger partial charge on any atom is -0.481 e. The average molecular weight is 842 g/mol. The van der Waals surface area contributed by atoms with Gasteiger partial charge in [-0.25, -0.2) is 9.80 Å². The molecule has 0 spiro atoms. The standard InChI is InChI=1S/C39H51N7O14/c1-5-21(2)29(44-39(58)59-20-25-14-10-7-11-15-25)35(54)42-26(16-17-27(48)49)34(53)43-30(23(4)47)36(55)45-46(19-28(50)51)38(57)32-31(60-32)37(56)41-22(3)33(52)40-18-24-12-8-6-9-13-24/h6-15,21-23,26,29-32,47H,5,16-20H2,1-4H3,(H,40,52)(H,41,56)(H,42,54)(H,43,53)(H,44,58)(H,45,55)(H,48,49)(H,50,51)/t21-,22?,23+,26-,29-,30-,31-,32-/m0/s1. The van der Waals surface area contributed by atoms with E-state index in [4.69, 9.17) is 9.47 Å². The number of nitrogens with one attached hydrogen (secondary N) is 6. The van der Waals surface area contributed by atoms with E-state index < -0.39 is 121 Å². The van der Waals surface area contributed by atoms with Gasteiger partial charge in [0.25, 0.3) is 17.7 Å². The molecule has 1 aliphatic rings. The summed E-state index contributed by atoms with van der Waals surface area (Å²) in [7, 11) is 0. The quantitative estimate of drug-likeness (QED) is 0.0512. The Hall–Kier alpha value is -6.61. The third-order valence-corrected chi connectivity index (χ3v) is 9.18. The predicted molar refractivity (Wildman–Crippen MR) is 207 cm³/mol. The van der Waals surface area contributed by atoms with Crippen molar-refractivity contribution in [2.24, 2.45) is 5.92 Å². The van der Waals surface area contributed by atoms with Gasteiger partial charge in [-0.05, 0) is 37.3 Å². The molecule has 1 saturated heterocycles. The van der Waals surface area contributed by atoms with E-state index >= 15 is 0 Å². The number of epoxide rings is 1. The first-order chi connectivity index (χ1) is 28.4. The molecule has 3 rings (SSSR count). The van der Waals surface area contributed by atoms with Crippen molar-refractivity contribution in [1.82, 2.24) is 37.0 Å². The number of hydrogen-bond acceptors (Lipinski definition) is 12. The number of carbonyl (C=O) groups excluding carboxylic acids is 7. The smallest absolute Gasteiger partial charge is 0.408 e. The Balaban J connectivity index is 1.66. The van der Waals surface area contributed by atoms with Crippen LogP contribution in [-0.4, -0.2) is 123 Å². The van der Waals surface area contributed by atoms with Gasteiger partial charge in [0.05, 0.1) is 6.10 Å². The van der Waals surface area contributed by atoms with Crippen LogP contribution in [-0.2, 0) is 61.0 Å². The normalized spacial score (nSPS) is 17.1. The summed E-state index contributed by atoms with van der Waals surface area (Å²) >= 11 is 0. The van der Waals surface area contributed by atoms with Crippen LogP contribution < -0.4 is 32.0 Å². The maximum absolute atomic E-state index is 13.5. The lowest BCUT2D eigenvalue weighted by Crippen LogP contribution is -2.62. The lowest BCUT2D eigenvalue weighted by molar-refractivity contribution is -0.152. The maximum atomic E-state index is 13.5. The van der Waals surface area contributed by atoms with Crippen molar-refractivity contribution in [3.63, 3.8) is 0 Å². The molecular weight excluding hydrogens is 790 g/mol. The summed E-state index contributed by atoms with van der Waals surface area (Å²) in [5.41, 5.74) is 3.48. The van der Waals surface area contributed by atoms with Gasteiger partial charge in [0.2, 0.25) is 17.7 Å². The number of carbonyl (C=O) groups is 9. The summed E-state index contributed by atoms with van der Waals surface area (Å²) < 4.78 is 10.4. The summed E-state index contributed by atoms with van der Waals surface area (Å²) in [5.74, 6) is -9.45. The first kappa shape index (κ1) is 47.8. The molecule has 1 aliphatic heterocycles. The summed E-state index contributed by atoms with van der Waals surface area (Å²) in [6.07, 6.45) is -6.47. The van der Waals surface area contributed by atoms with Crippen molar-refractivity contribution in [1.29, 1.82) is 0 Å². The van der Waals surface area contributed by atoms with Crippen LogP contribution in [0.3, 0.4) is 0 Å². The summed E-state index contributed by atoms with van der Waals surface area (Å²) in [6.45, 7) is 4.75. The molecule has 1 fully saturated rings. The molecule has 1 unspecified atom stereocenters. The SMILES string of the molecule is CC[C@H](C)[C@H](NC(=O)OCc1ccccc1)C(=O)N[C@@H](CCC(=O)O)C(=O)N[C@H](C(=O)NN(CC(=O)O)C(=O)[C@H]1O[C@@H]1C(=O)NC(C)C(=O)NCc1ccccc1)[C@@H](C)O. The first-order valence-corrected chi connectivity index (χ1v) is 19.0. The molecule has 7 amide bonds. The number of rotatable bonds is 22. The zero-order valence-electron chi connectivity index (χ0n) is 33.4. The topological polar surface area (TPSA) is 311 Å². The van der Waals surface area contributed by atoms with Gasteiger partial charge in [-0.1, -0.05) is 80.9 Å². The van der Waals surface area contributed by atoms with Crippen molar-refractivity contribution >= 4 is 53.5 Å². The number of alkyl carbamates (subject to hydrolysis) is 1. The van der Waals surface area contributed by atoms with Crippen LogP contribution in [0.2, 0.25) is 0 Å². The van der Waals surface area contributed by atoms with Crippen LogP contribution in [0.5, 0.6) is 0 Å². The Morgan fingerprint density at radius 3 is 1.92 bits per heavy atom. The molecular formula is C39H51N7O14. The van der Waals surface area contributed by atoms with Gasteiger partial charge in [-0.2, -0.15) is 0 Å². The Bertz CT molecular complexity index is 1850. The van der Waals surface area contributed by atoms with E-state index in [0.717, 1.165) is 12.5 Å². The van der Waals surface area contributed by atoms with Gasteiger partial charge >= 0.3 is 18.0 Å². The molecule has 0 saturated carbocycles. The Morgan fingerprint density at radius 1 is 0.733 bits per heavy atom. The zero-order valence-corrected chi connectivity index (χ0v) is 33.4. The van der Waals surface area contributed by atoms with E-state index in [2.05, 4.69) is 26.6 Å². The molecule has 0 aromatic heterocycles. The van der Waals surface area contributed by atoms with Crippen molar-refractivity contribution in [3.05, 3.63) is 71.8 Å². The Morgan fingerprint density at radius 2 is 1.35 bits per heavy atom. The molecule has 0 radical (unpaired) electrons. The van der Waals surface area contributed by atoms with Gasteiger partial charge in [0.15, 0.2) is 12.2 Å². The number of aliphatic carboxylic acids is 2. The fraction of sp³-hybridized carbons (Fsp3) is 0.462. The van der Waals surface area contributed by atoms with Gasteiger partial charge < -0.3 is 51.4 Å². The van der Waals surface area contributed by atoms with Crippen LogP contribution in [0, 0.1) is 5.92 Å². The number of amides is 7. The molecule has 21 heteroatoms. The number of benzene rings is 2. The Kier molecular flexibility index (Phi) is 18.4. The number of ether oxygens (including phenoxy) is 2. The number of aliphatic hydroxyl groups is 1. The van der Waals surface area contributed by atoms with Gasteiger partial charge in [0.1, 0.15) is 37.3 Å². The monoisotopic (exact) mass is 841 g/mol. The number of aliphatic hydroxyl groups excluding tert-OH is 1. The molecule has 326 valence electrons. The van der Waals surface area contributed by atoms with Crippen LogP contribution in [0.25, 0.3) is 0 Å². The molecule has 0 aliphatic carbocycles. The van der Waals surface area contributed by atoms with E-state index in [9.17, 15) is 58.5 Å². The van der Waals surface area contributed by atoms with Crippen LogP contribution in [0.15, 0.2) is 60.7 Å². The second-order valence-electron chi connectivity index (χ2n) is 14.0. The highest BCUT2D eigenvalue weighted by atomic mass is 16.6. The predicted octanol–water partition coefficient (Wildman–Crippen LogP) is -0.924. The number of hydrogen-bond donors (Lipinski definition) is 9. The molecule has 2 aromatic rings. The van der Waals surface area contributed by atoms with Crippen molar-refractivity contribution in [3.8, 4) is 0 Å². The highest BCUT2D eigenvalue weighted by Crippen LogP contribution is 2.24. The summed E-state index contributed by atoms with van der Waals surface area (Å²) in [6, 6.07) is 11.8. The molecule has 1 heterocycles. The number of nitrogens with zero attached hydrogens (tertiary/aromatic N) is 1. The van der Waals surface area contributed by atoms with Crippen LogP contribution >= 0.6 is 0 Å². The molecule has 2 aromatic carbocycles. The van der Waals surface area contributed by atoms with E-state index in [0.29, 0.717) is 17.0 Å². The first-order valence-electron chi connectivity index (χ1n) is 19.0. The number of carboxylic acids is 2. The van der Waals surface area contributed by atoms with Crippen molar-refractivity contribution < 1.29 is 67.9 Å². The summed E-state index contributed by atoms with van der Waals surface area (Å²) in [5, 5.41) is 41.7. The lowest BCUT2D eigenvalue weighted by atomic mass is 9.97. The third-order valence-electron chi connectivity index (χ3n) is 9.18. The average Bonchev–Trinajstić information content (AvgIpc) is 4.02. The number of carboxylic acid groups (broad SMARTS) is 2. The minimum atomic E-state index is -1.92. The van der Waals surface area contributed by atoms with Crippen LogP contribution in [0.1, 0.15) is 58.1 Å². The summed E-state index contributed by atoms with van der Waals surface area (Å²) in [4.78, 5) is 115. The molecule has 0 bridgehead atoms. The lowest BCUT2D eigenvalue weighted by Gasteiger charge is -2.29. The van der Waals surface area contributed by atoms with Crippen LogP contribution in [0.4, 0.5) is 4.79 Å². The second-order valence-corrected chi connectivity index (χ2v) is 14.0. The van der Waals surface area contributed by atoms with E-state index in [-0.39, 0.29) is 13.2 Å². The minimum absolute atomic E-state index is 0.109. The Labute approximate surface area is 344 Å². The fourth-order valence-electron chi connectivity index (χ4n) is 5.51. The maximum Gasteiger partial charge on any atom is 0.408 e. The van der Waals surface area contributed by atoms with Crippen molar-refractivity contribution in [2.45, 2.75) is 103 Å². The highest BCUT2D eigenvalue weighted by Gasteiger charge is 2.53. The molecule has 8 atom stereocenters. The van der Waals surface area contributed by atoms with Gasteiger partial charge in [-0.3, -0.25) is 43.8 Å². The second kappa shape index (κ2) is 23.1. The highest BCUT2D eigenvalue weighted by molar-refractivity contribution is 5.99. The zero-order chi connectivity index (χ0) is 44.5. The fourth-order valence-corrected chi connectivity index (χ4v) is 5.51. The molecule has 60 heavy (non-hydrogen) atoms. The van der Waals surface area contributed by atoms with E-state index in [1.807, 2.05) is 5.43 Å². The van der Waals surface area contributed by atoms with Crippen molar-refractivity contribution in [2.75, 3.05) is 6.54 Å². The molecule has 21 nitrogen and oxygen atoms in total.